The molecule has 0 spiro atoms. The van der Waals surface area contributed by atoms with Gasteiger partial charge in [-0.3, -0.25) is 0 Å². The molecule has 0 atom stereocenters. The standard InChI is InChI=1S/C16H22N2O3/c1-19-12-9-11-13(15(21-3)14(12)20-2)18-16(17-11)10-7-5-4-6-8-10/h9-10H,4-8H2,1-3H3,(H,17,18). The van der Waals surface area contributed by atoms with Crippen molar-refractivity contribution in [2.45, 2.75) is 38.0 Å². The molecule has 0 amide bonds. The second-order valence-corrected chi connectivity index (χ2v) is 5.50. The Morgan fingerprint density at radius 3 is 2.33 bits per heavy atom. The molecule has 21 heavy (non-hydrogen) atoms. The molecule has 1 aliphatic carbocycles. The van der Waals surface area contributed by atoms with Gasteiger partial charge in [0.1, 0.15) is 11.3 Å². The monoisotopic (exact) mass is 290 g/mol. The van der Waals surface area contributed by atoms with Crippen molar-refractivity contribution in [3.63, 3.8) is 0 Å². The van der Waals surface area contributed by atoms with Gasteiger partial charge in [-0.2, -0.15) is 0 Å². The van der Waals surface area contributed by atoms with Crippen molar-refractivity contribution in [2.24, 2.45) is 0 Å². The van der Waals surface area contributed by atoms with Crippen LogP contribution in [0, 0.1) is 0 Å². The molecule has 1 aromatic heterocycles. The lowest BCUT2D eigenvalue weighted by Crippen LogP contribution is -2.05. The maximum Gasteiger partial charge on any atom is 0.205 e. The summed E-state index contributed by atoms with van der Waals surface area (Å²) >= 11 is 0. The summed E-state index contributed by atoms with van der Waals surface area (Å²) in [6.07, 6.45) is 6.31. The quantitative estimate of drug-likeness (QED) is 0.934. The number of nitrogens with one attached hydrogen (secondary N) is 1. The molecule has 1 heterocycles. The van der Waals surface area contributed by atoms with Gasteiger partial charge in [0.05, 0.1) is 26.8 Å². The molecule has 0 radical (unpaired) electrons. The predicted octanol–water partition coefficient (Wildman–Crippen LogP) is 3.64. The molecule has 2 aromatic rings. The first-order valence-electron chi connectivity index (χ1n) is 7.47. The highest BCUT2D eigenvalue weighted by molar-refractivity contribution is 5.87. The summed E-state index contributed by atoms with van der Waals surface area (Å²) < 4.78 is 16.3. The van der Waals surface area contributed by atoms with Gasteiger partial charge in [-0.05, 0) is 12.8 Å². The Morgan fingerprint density at radius 1 is 1.00 bits per heavy atom. The van der Waals surface area contributed by atoms with E-state index in [9.17, 15) is 0 Å². The minimum Gasteiger partial charge on any atom is -0.493 e. The Balaban J connectivity index is 2.11. The molecule has 5 nitrogen and oxygen atoms in total. The Bertz CT molecular complexity index is 630. The lowest BCUT2D eigenvalue weighted by molar-refractivity contribution is 0.327. The van der Waals surface area contributed by atoms with E-state index in [1.807, 2.05) is 6.07 Å². The van der Waals surface area contributed by atoms with Crippen LogP contribution in [-0.4, -0.2) is 31.3 Å². The number of nitrogens with zero attached hydrogens (tertiary/aromatic N) is 1. The van der Waals surface area contributed by atoms with Crippen LogP contribution in [0.1, 0.15) is 43.8 Å². The number of aromatic amines is 1. The van der Waals surface area contributed by atoms with Crippen molar-refractivity contribution < 1.29 is 14.2 Å². The normalized spacial score (nSPS) is 16.1. The van der Waals surface area contributed by atoms with Crippen LogP contribution in [0.4, 0.5) is 0 Å². The summed E-state index contributed by atoms with van der Waals surface area (Å²) in [6.45, 7) is 0. The Labute approximate surface area is 124 Å². The van der Waals surface area contributed by atoms with Gasteiger partial charge < -0.3 is 19.2 Å². The number of rotatable bonds is 4. The van der Waals surface area contributed by atoms with Crippen LogP contribution in [0.3, 0.4) is 0 Å². The number of ether oxygens (including phenoxy) is 3. The zero-order valence-corrected chi connectivity index (χ0v) is 12.9. The number of H-pyrrole nitrogens is 1. The van der Waals surface area contributed by atoms with Crippen LogP contribution >= 0.6 is 0 Å². The van der Waals surface area contributed by atoms with Gasteiger partial charge in [0.25, 0.3) is 0 Å². The molecular weight excluding hydrogens is 268 g/mol. The third kappa shape index (κ3) is 2.41. The van der Waals surface area contributed by atoms with E-state index in [4.69, 9.17) is 19.2 Å². The maximum absolute atomic E-state index is 5.51. The molecule has 1 aromatic carbocycles. The molecule has 1 fully saturated rings. The number of imidazole rings is 1. The topological polar surface area (TPSA) is 56.4 Å². The fourth-order valence-electron chi connectivity index (χ4n) is 3.20. The van der Waals surface area contributed by atoms with E-state index in [0.717, 1.165) is 16.9 Å². The highest BCUT2D eigenvalue weighted by Crippen LogP contribution is 2.43. The summed E-state index contributed by atoms with van der Waals surface area (Å²) in [7, 11) is 4.87. The van der Waals surface area contributed by atoms with Crippen molar-refractivity contribution in [1.82, 2.24) is 9.97 Å². The molecule has 114 valence electrons. The minimum atomic E-state index is 0.521. The van der Waals surface area contributed by atoms with Gasteiger partial charge >= 0.3 is 0 Å². The summed E-state index contributed by atoms with van der Waals surface area (Å²) in [5.74, 6) is 3.45. The lowest BCUT2D eigenvalue weighted by Gasteiger charge is -2.18. The van der Waals surface area contributed by atoms with E-state index < -0.39 is 0 Å². The first-order chi connectivity index (χ1) is 10.3. The molecule has 1 N–H and O–H groups in total. The molecule has 1 saturated carbocycles. The molecule has 0 aliphatic heterocycles. The number of methoxy groups -OCH3 is 3. The minimum absolute atomic E-state index is 0.521. The maximum atomic E-state index is 5.51. The first-order valence-corrected chi connectivity index (χ1v) is 7.47. The van der Waals surface area contributed by atoms with Crippen molar-refractivity contribution in [2.75, 3.05) is 21.3 Å². The molecular formula is C16H22N2O3. The third-order valence-electron chi connectivity index (χ3n) is 4.29. The SMILES string of the molecule is COc1cc2[nH]c(C3CCCCC3)nc2c(OC)c1OC. The molecule has 5 heteroatoms. The molecule has 0 unspecified atom stereocenters. The summed E-state index contributed by atoms with van der Waals surface area (Å²) in [5.41, 5.74) is 1.75. The number of aromatic nitrogens is 2. The second kappa shape index (κ2) is 5.84. The van der Waals surface area contributed by atoms with Crippen LogP contribution < -0.4 is 14.2 Å². The Kier molecular flexibility index (Phi) is 3.90. The molecule has 3 rings (SSSR count). The predicted molar refractivity (Wildman–Crippen MR) is 81.6 cm³/mol. The van der Waals surface area contributed by atoms with E-state index in [1.165, 1.54) is 32.1 Å². The fraction of sp³-hybridized carbons (Fsp3) is 0.562. The number of fused-ring (bicyclic) bond motifs is 1. The van der Waals surface area contributed by atoms with Crippen LogP contribution in [-0.2, 0) is 0 Å². The average molecular weight is 290 g/mol. The molecule has 1 aliphatic rings. The van der Waals surface area contributed by atoms with Gasteiger partial charge in [-0.1, -0.05) is 19.3 Å². The van der Waals surface area contributed by atoms with Crippen LogP contribution in [0.2, 0.25) is 0 Å². The molecule has 0 saturated heterocycles. The van der Waals surface area contributed by atoms with E-state index in [2.05, 4.69) is 4.98 Å². The van der Waals surface area contributed by atoms with Crippen molar-refractivity contribution in [3.8, 4) is 17.2 Å². The lowest BCUT2D eigenvalue weighted by atomic mass is 9.89. The van der Waals surface area contributed by atoms with Crippen LogP contribution in [0.25, 0.3) is 11.0 Å². The fourth-order valence-corrected chi connectivity index (χ4v) is 3.20. The zero-order valence-electron chi connectivity index (χ0n) is 12.9. The summed E-state index contributed by atoms with van der Waals surface area (Å²) in [6, 6.07) is 1.93. The molecule has 0 bridgehead atoms. The van der Waals surface area contributed by atoms with E-state index in [1.54, 1.807) is 21.3 Å². The van der Waals surface area contributed by atoms with Gasteiger partial charge in [-0.15, -0.1) is 0 Å². The van der Waals surface area contributed by atoms with E-state index >= 15 is 0 Å². The number of hydrogen-bond donors (Lipinski definition) is 1. The first kappa shape index (κ1) is 14.0. The Hall–Kier alpha value is -1.91. The van der Waals surface area contributed by atoms with Crippen molar-refractivity contribution >= 4 is 11.0 Å². The van der Waals surface area contributed by atoms with Crippen molar-refractivity contribution in [1.29, 1.82) is 0 Å². The van der Waals surface area contributed by atoms with Crippen LogP contribution in [0.5, 0.6) is 17.2 Å². The third-order valence-corrected chi connectivity index (χ3v) is 4.29. The number of hydrogen-bond acceptors (Lipinski definition) is 4. The van der Waals surface area contributed by atoms with Gasteiger partial charge in [0.15, 0.2) is 11.5 Å². The Morgan fingerprint density at radius 2 is 1.71 bits per heavy atom. The van der Waals surface area contributed by atoms with E-state index in [-0.39, 0.29) is 0 Å². The van der Waals surface area contributed by atoms with Gasteiger partial charge in [0.2, 0.25) is 5.75 Å². The van der Waals surface area contributed by atoms with E-state index in [0.29, 0.717) is 23.2 Å². The highest BCUT2D eigenvalue weighted by Gasteiger charge is 2.23. The van der Waals surface area contributed by atoms with Gasteiger partial charge in [0, 0.05) is 12.0 Å². The number of benzene rings is 1. The smallest absolute Gasteiger partial charge is 0.205 e. The average Bonchev–Trinajstić information content (AvgIpc) is 2.97. The highest BCUT2D eigenvalue weighted by atomic mass is 16.5. The zero-order chi connectivity index (χ0) is 14.8. The summed E-state index contributed by atoms with van der Waals surface area (Å²) in [5, 5.41) is 0. The van der Waals surface area contributed by atoms with Crippen molar-refractivity contribution in [3.05, 3.63) is 11.9 Å². The van der Waals surface area contributed by atoms with Crippen LogP contribution in [0.15, 0.2) is 6.07 Å². The second-order valence-electron chi connectivity index (χ2n) is 5.50. The van der Waals surface area contributed by atoms with Gasteiger partial charge in [-0.25, -0.2) is 4.98 Å². The summed E-state index contributed by atoms with van der Waals surface area (Å²) in [4.78, 5) is 8.21. The largest absolute Gasteiger partial charge is 0.493 e.